The molecule has 0 bridgehead atoms. The molecule has 0 saturated heterocycles. The minimum Gasteiger partial charge on any atom is -0.457 e. The van der Waals surface area contributed by atoms with E-state index in [-0.39, 0.29) is 12.1 Å². The second kappa shape index (κ2) is 7.08. The van der Waals surface area contributed by atoms with Gasteiger partial charge in [-0.15, -0.1) is 0 Å². The van der Waals surface area contributed by atoms with Gasteiger partial charge >= 0.3 is 5.97 Å². The molecule has 0 aromatic heterocycles. The highest BCUT2D eigenvalue weighted by molar-refractivity contribution is 14.1. The van der Waals surface area contributed by atoms with Crippen LogP contribution in [0.5, 0.6) is 0 Å². The van der Waals surface area contributed by atoms with Crippen LogP contribution in [0.3, 0.4) is 0 Å². The first kappa shape index (κ1) is 14.6. The van der Waals surface area contributed by atoms with Gasteiger partial charge in [-0.3, -0.25) is 4.79 Å². The van der Waals surface area contributed by atoms with Crippen LogP contribution in [0.15, 0.2) is 24.3 Å². The molecule has 19 heavy (non-hydrogen) atoms. The number of halogens is 1. The highest BCUT2D eigenvalue weighted by Gasteiger charge is 2.20. The molecule has 1 aromatic carbocycles. The van der Waals surface area contributed by atoms with Crippen molar-refractivity contribution in [3.05, 3.63) is 39.0 Å². The Morgan fingerprint density at radius 2 is 2.26 bits per heavy atom. The summed E-state index contributed by atoms with van der Waals surface area (Å²) in [6, 6.07) is 6.27. The molecule has 1 aliphatic rings. The van der Waals surface area contributed by atoms with E-state index in [2.05, 4.69) is 59.9 Å². The van der Waals surface area contributed by atoms with Crippen LogP contribution in [-0.4, -0.2) is 5.97 Å². The molecule has 1 aliphatic carbocycles. The van der Waals surface area contributed by atoms with Crippen molar-refractivity contribution in [2.45, 2.75) is 45.1 Å². The van der Waals surface area contributed by atoms with Crippen molar-refractivity contribution in [2.75, 3.05) is 0 Å². The molecule has 1 atom stereocenters. The van der Waals surface area contributed by atoms with E-state index in [1.165, 1.54) is 9.13 Å². The van der Waals surface area contributed by atoms with E-state index < -0.39 is 0 Å². The molecule has 3 heteroatoms. The van der Waals surface area contributed by atoms with Crippen LogP contribution in [-0.2, 0) is 9.53 Å². The van der Waals surface area contributed by atoms with Crippen LogP contribution in [0.1, 0.15) is 56.3 Å². The SMILES string of the molecule is CCCCCC(=O)OC1CC=Cc2cc(I)ccc21. The first-order valence-electron chi connectivity index (χ1n) is 6.86. The predicted molar refractivity (Wildman–Crippen MR) is 85.8 cm³/mol. The number of benzene rings is 1. The molecule has 2 nitrogen and oxygen atoms in total. The number of fused-ring (bicyclic) bond motifs is 1. The van der Waals surface area contributed by atoms with Crippen molar-refractivity contribution in [2.24, 2.45) is 0 Å². The van der Waals surface area contributed by atoms with Gasteiger partial charge in [0.05, 0.1) is 0 Å². The Kier molecular flexibility index (Phi) is 5.43. The fourth-order valence-electron chi connectivity index (χ4n) is 2.28. The van der Waals surface area contributed by atoms with Gasteiger partial charge < -0.3 is 4.74 Å². The van der Waals surface area contributed by atoms with Gasteiger partial charge in [0.2, 0.25) is 0 Å². The van der Waals surface area contributed by atoms with Crippen molar-refractivity contribution in [1.82, 2.24) is 0 Å². The van der Waals surface area contributed by atoms with Gasteiger partial charge in [0.25, 0.3) is 0 Å². The standard InChI is InChI=1S/C16H19IO2/c1-2-3-4-8-16(18)19-15-7-5-6-12-11-13(17)9-10-14(12)15/h5-6,9-11,15H,2-4,7-8H2,1H3. The summed E-state index contributed by atoms with van der Waals surface area (Å²) in [6.07, 6.45) is 8.56. The van der Waals surface area contributed by atoms with E-state index in [1.807, 2.05) is 0 Å². The number of carbonyl (C=O) groups is 1. The van der Waals surface area contributed by atoms with Crippen LogP contribution in [0, 0.1) is 3.57 Å². The number of hydrogen-bond acceptors (Lipinski definition) is 2. The number of carbonyl (C=O) groups excluding carboxylic acids is 1. The third-order valence-corrected chi connectivity index (χ3v) is 3.97. The maximum atomic E-state index is 11.8. The Hall–Kier alpha value is -0.840. The summed E-state index contributed by atoms with van der Waals surface area (Å²) in [5.41, 5.74) is 2.30. The molecule has 1 aromatic rings. The zero-order valence-corrected chi connectivity index (χ0v) is 13.4. The maximum Gasteiger partial charge on any atom is 0.306 e. The van der Waals surface area contributed by atoms with E-state index in [1.54, 1.807) is 0 Å². The number of hydrogen-bond donors (Lipinski definition) is 0. The predicted octanol–water partition coefficient (Wildman–Crippen LogP) is 4.87. The Labute approximate surface area is 128 Å². The highest BCUT2D eigenvalue weighted by Crippen LogP contribution is 2.32. The van der Waals surface area contributed by atoms with E-state index >= 15 is 0 Å². The summed E-state index contributed by atoms with van der Waals surface area (Å²) in [5.74, 6) is -0.0711. The molecule has 0 N–H and O–H groups in total. The third-order valence-electron chi connectivity index (χ3n) is 3.30. The molecule has 0 spiro atoms. The Bertz CT molecular complexity index is 480. The van der Waals surface area contributed by atoms with Crippen LogP contribution in [0.2, 0.25) is 0 Å². The largest absolute Gasteiger partial charge is 0.457 e. The lowest BCUT2D eigenvalue weighted by Gasteiger charge is -2.22. The lowest BCUT2D eigenvalue weighted by molar-refractivity contribution is -0.149. The molecule has 0 amide bonds. The summed E-state index contributed by atoms with van der Waals surface area (Å²) in [7, 11) is 0. The molecular weight excluding hydrogens is 351 g/mol. The van der Waals surface area contributed by atoms with Crippen LogP contribution in [0.25, 0.3) is 6.08 Å². The molecule has 0 radical (unpaired) electrons. The molecule has 102 valence electrons. The maximum absolute atomic E-state index is 11.8. The molecule has 0 saturated carbocycles. The summed E-state index contributed by atoms with van der Waals surface area (Å²) < 4.78 is 6.82. The molecule has 1 unspecified atom stereocenters. The van der Waals surface area contributed by atoms with Gasteiger partial charge in [0.1, 0.15) is 6.10 Å². The molecule has 0 heterocycles. The van der Waals surface area contributed by atoms with E-state index in [0.29, 0.717) is 6.42 Å². The third kappa shape index (κ3) is 4.06. The Morgan fingerprint density at radius 1 is 1.42 bits per heavy atom. The molecular formula is C16H19IO2. The topological polar surface area (TPSA) is 26.3 Å². The zero-order chi connectivity index (χ0) is 13.7. The fraction of sp³-hybridized carbons (Fsp3) is 0.438. The lowest BCUT2D eigenvalue weighted by Crippen LogP contribution is -2.13. The van der Waals surface area contributed by atoms with Crippen molar-refractivity contribution in [3.63, 3.8) is 0 Å². The van der Waals surface area contributed by atoms with Crippen LogP contribution >= 0.6 is 22.6 Å². The van der Waals surface area contributed by atoms with Crippen molar-refractivity contribution in [3.8, 4) is 0 Å². The second-order valence-corrected chi connectivity index (χ2v) is 6.09. The summed E-state index contributed by atoms with van der Waals surface area (Å²) in [6.45, 7) is 2.13. The van der Waals surface area contributed by atoms with Gasteiger partial charge in [-0.25, -0.2) is 0 Å². The normalized spacial score (nSPS) is 17.1. The number of rotatable bonds is 5. The number of ether oxygens (including phenoxy) is 1. The number of unbranched alkanes of at least 4 members (excludes halogenated alkanes) is 2. The highest BCUT2D eigenvalue weighted by atomic mass is 127. The van der Waals surface area contributed by atoms with Gasteiger partial charge in [-0.05, 0) is 46.7 Å². The molecule has 0 aliphatic heterocycles. The summed E-state index contributed by atoms with van der Waals surface area (Å²) in [5, 5.41) is 0. The monoisotopic (exact) mass is 370 g/mol. The average Bonchev–Trinajstić information content (AvgIpc) is 2.39. The quantitative estimate of drug-likeness (QED) is 0.420. The second-order valence-electron chi connectivity index (χ2n) is 4.85. The van der Waals surface area contributed by atoms with Gasteiger partial charge in [0.15, 0.2) is 0 Å². The Morgan fingerprint density at radius 3 is 3.05 bits per heavy atom. The minimum atomic E-state index is -0.105. The Balaban J connectivity index is 1.99. The first-order valence-corrected chi connectivity index (χ1v) is 7.94. The molecule has 2 rings (SSSR count). The fourth-order valence-corrected chi connectivity index (χ4v) is 2.79. The van der Waals surface area contributed by atoms with E-state index in [0.717, 1.165) is 31.2 Å². The minimum absolute atomic E-state index is 0.0711. The van der Waals surface area contributed by atoms with Gasteiger partial charge in [-0.2, -0.15) is 0 Å². The lowest BCUT2D eigenvalue weighted by atomic mass is 9.95. The first-order chi connectivity index (χ1) is 9.20. The number of esters is 1. The van der Waals surface area contributed by atoms with Crippen molar-refractivity contribution in [1.29, 1.82) is 0 Å². The van der Waals surface area contributed by atoms with Crippen LogP contribution in [0.4, 0.5) is 0 Å². The van der Waals surface area contributed by atoms with Crippen molar-refractivity contribution >= 4 is 34.6 Å². The van der Waals surface area contributed by atoms with Gasteiger partial charge in [-0.1, -0.05) is 38.0 Å². The molecule has 0 fully saturated rings. The summed E-state index contributed by atoms with van der Waals surface area (Å²) in [4.78, 5) is 11.8. The van der Waals surface area contributed by atoms with E-state index in [4.69, 9.17) is 4.74 Å². The summed E-state index contributed by atoms with van der Waals surface area (Å²) >= 11 is 2.30. The average molecular weight is 370 g/mol. The van der Waals surface area contributed by atoms with E-state index in [9.17, 15) is 4.79 Å². The van der Waals surface area contributed by atoms with Crippen LogP contribution < -0.4 is 0 Å². The van der Waals surface area contributed by atoms with Crippen molar-refractivity contribution < 1.29 is 9.53 Å². The zero-order valence-electron chi connectivity index (χ0n) is 11.2. The smallest absolute Gasteiger partial charge is 0.306 e. The van der Waals surface area contributed by atoms with Gasteiger partial charge in [0, 0.05) is 22.0 Å².